The van der Waals surface area contributed by atoms with Crippen molar-refractivity contribution >= 4 is 23.1 Å². The number of morpholine rings is 1. The van der Waals surface area contributed by atoms with Gasteiger partial charge in [-0.25, -0.2) is 14.2 Å². The summed E-state index contributed by atoms with van der Waals surface area (Å²) in [6.45, 7) is 2.68. The van der Waals surface area contributed by atoms with Crippen molar-refractivity contribution in [3.63, 3.8) is 0 Å². The summed E-state index contributed by atoms with van der Waals surface area (Å²) in [7, 11) is 0. The van der Waals surface area contributed by atoms with Gasteiger partial charge in [0.25, 0.3) is 0 Å². The highest BCUT2D eigenvalue weighted by atomic mass is 19.1. The maximum atomic E-state index is 13.6. The molecular formula is C28H26FN5O5. The van der Waals surface area contributed by atoms with Crippen LogP contribution in [0.25, 0.3) is 5.65 Å². The van der Waals surface area contributed by atoms with Crippen LogP contribution in [-0.4, -0.2) is 47.5 Å². The molecule has 39 heavy (non-hydrogen) atoms. The third-order valence-electron chi connectivity index (χ3n) is 6.12. The standard InChI is InChI=1S/C28H26FN5O5/c29-21-8-6-19(7-9-21)16-24(35)39-32-27(30)25-26(38-18-20-4-2-1-3-5-20)28(36)34-17-22(10-11-23(34)31-25)33-12-14-37-15-13-33/h1-11,17H,12-16,18H2,(H2,30,32). The van der Waals surface area contributed by atoms with Crippen molar-refractivity contribution in [2.24, 2.45) is 10.9 Å². The van der Waals surface area contributed by atoms with Crippen LogP contribution in [0.2, 0.25) is 0 Å². The van der Waals surface area contributed by atoms with Gasteiger partial charge < -0.3 is 24.9 Å². The van der Waals surface area contributed by atoms with Crippen LogP contribution in [-0.2, 0) is 27.4 Å². The number of nitrogens with two attached hydrogens (primary N) is 1. The van der Waals surface area contributed by atoms with Gasteiger partial charge in [-0.1, -0.05) is 47.6 Å². The molecule has 5 rings (SSSR count). The average molecular weight is 532 g/mol. The summed E-state index contributed by atoms with van der Waals surface area (Å²) in [6, 6.07) is 18.3. The van der Waals surface area contributed by atoms with E-state index in [1.165, 1.54) is 28.7 Å². The summed E-state index contributed by atoms with van der Waals surface area (Å²) in [6.07, 6.45) is 1.55. The van der Waals surface area contributed by atoms with Gasteiger partial charge in [0, 0.05) is 19.3 Å². The zero-order valence-electron chi connectivity index (χ0n) is 21.0. The van der Waals surface area contributed by atoms with Crippen molar-refractivity contribution in [2.75, 3.05) is 31.2 Å². The highest BCUT2D eigenvalue weighted by Gasteiger charge is 2.20. The van der Waals surface area contributed by atoms with E-state index in [9.17, 15) is 14.0 Å². The van der Waals surface area contributed by atoms with E-state index in [1.54, 1.807) is 12.3 Å². The quantitative estimate of drug-likeness (QED) is 0.159. The van der Waals surface area contributed by atoms with Gasteiger partial charge in [-0.3, -0.25) is 9.20 Å². The lowest BCUT2D eigenvalue weighted by Gasteiger charge is -2.28. The van der Waals surface area contributed by atoms with Gasteiger partial charge in [-0.15, -0.1) is 0 Å². The lowest BCUT2D eigenvalue weighted by molar-refractivity contribution is -0.142. The first-order valence-corrected chi connectivity index (χ1v) is 12.3. The van der Waals surface area contributed by atoms with Crippen molar-refractivity contribution in [1.29, 1.82) is 0 Å². The van der Waals surface area contributed by atoms with E-state index in [-0.39, 0.29) is 30.3 Å². The zero-order chi connectivity index (χ0) is 27.2. The Morgan fingerprint density at radius 3 is 2.51 bits per heavy atom. The van der Waals surface area contributed by atoms with Crippen molar-refractivity contribution < 1.29 is 23.5 Å². The number of hydrogen-bond acceptors (Lipinski definition) is 8. The Bertz CT molecular complexity index is 1550. The molecular weight excluding hydrogens is 505 g/mol. The van der Waals surface area contributed by atoms with E-state index in [0.717, 1.165) is 11.3 Å². The SMILES string of the molecule is N/C(=N\OC(=O)Cc1ccc(F)cc1)c1nc2ccc(N3CCOCC3)cn2c(=O)c1OCc1ccccc1. The van der Waals surface area contributed by atoms with Crippen LogP contribution in [0.1, 0.15) is 16.8 Å². The van der Waals surface area contributed by atoms with E-state index in [0.29, 0.717) is 37.5 Å². The number of nitrogens with zero attached hydrogens (tertiary/aromatic N) is 4. The maximum Gasteiger partial charge on any atom is 0.339 e. The molecule has 0 radical (unpaired) electrons. The van der Waals surface area contributed by atoms with Gasteiger partial charge >= 0.3 is 11.5 Å². The molecule has 4 aromatic rings. The topological polar surface area (TPSA) is 121 Å². The van der Waals surface area contributed by atoms with E-state index in [4.69, 9.17) is 20.0 Å². The lowest BCUT2D eigenvalue weighted by atomic mass is 10.1. The molecule has 200 valence electrons. The number of oxime groups is 1. The number of fused-ring (bicyclic) bond motifs is 1. The van der Waals surface area contributed by atoms with Gasteiger partial charge in [0.15, 0.2) is 11.5 Å². The first-order valence-electron chi connectivity index (χ1n) is 12.3. The molecule has 1 aliphatic heterocycles. The van der Waals surface area contributed by atoms with Crippen LogP contribution in [0.15, 0.2) is 82.9 Å². The second-order valence-corrected chi connectivity index (χ2v) is 8.83. The second kappa shape index (κ2) is 11.7. The number of aromatic nitrogens is 2. The largest absolute Gasteiger partial charge is 0.481 e. The Labute approximate surface area is 223 Å². The number of carbonyl (C=O) groups is 1. The Morgan fingerprint density at radius 1 is 1.03 bits per heavy atom. The van der Waals surface area contributed by atoms with Gasteiger partial charge in [0.05, 0.1) is 25.3 Å². The average Bonchev–Trinajstić information content (AvgIpc) is 2.97. The van der Waals surface area contributed by atoms with E-state index in [2.05, 4.69) is 15.0 Å². The van der Waals surface area contributed by atoms with Crippen molar-refractivity contribution in [2.45, 2.75) is 13.0 Å². The monoisotopic (exact) mass is 531 g/mol. The predicted molar refractivity (Wildman–Crippen MR) is 142 cm³/mol. The highest BCUT2D eigenvalue weighted by Crippen LogP contribution is 2.20. The summed E-state index contributed by atoms with van der Waals surface area (Å²) in [5.74, 6) is -1.57. The van der Waals surface area contributed by atoms with Crippen molar-refractivity contribution in [3.05, 3.63) is 106 Å². The first kappa shape index (κ1) is 25.9. The molecule has 1 saturated heterocycles. The number of benzene rings is 2. The number of anilines is 1. The summed E-state index contributed by atoms with van der Waals surface area (Å²) in [5, 5.41) is 3.72. The molecule has 0 unspecified atom stereocenters. The second-order valence-electron chi connectivity index (χ2n) is 8.83. The van der Waals surface area contributed by atoms with Crippen LogP contribution < -0.4 is 20.9 Å². The van der Waals surface area contributed by atoms with Crippen molar-refractivity contribution in [1.82, 2.24) is 9.38 Å². The van der Waals surface area contributed by atoms with Gasteiger partial charge in [-0.2, -0.15) is 0 Å². The molecule has 0 saturated carbocycles. The smallest absolute Gasteiger partial charge is 0.339 e. The Balaban J connectivity index is 1.46. The first-order chi connectivity index (χ1) is 19.0. The lowest BCUT2D eigenvalue weighted by Crippen LogP contribution is -2.36. The summed E-state index contributed by atoms with van der Waals surface area (Å²) in [5.41, 5.74) is 8.13. The number of pyridine rings is 1. The molecule has 0 aliphatic carbocycles. The fraction of sp³-hybridized carbons (Fsp3) is 0.214. The molecule has 2 N–H and O–H groups in total. The summed E-state index contributed by atoms with van der Waals surface area (Å²) < 4.78 is 25.9. The maximum absolute atomic E-state index is 13.6. The Morgan fingerprint density at radius 2 is 1.77 bits per heavy atom. The van der Waals surface area contributed by atoms with Crippen LogP contribution in [0.5, 0.6) is 5.75 Å². The number of amidine groups is 1. The molecule has 0 atom stereocenters. The van der Waals surface area contributed by atoms with Gasteiger partial charge in [-0.05, 0) is 35.4 Å². The van der Waals surface area contributed by atoms with Crippen LogP contribution in [0, 0.1) is 5.82 Å². The van der Waals surface area contributed by atoms with E-state index >= 15 is 0 Å². The summed E-state index contributed by atoms with van der Waals surface area (Å²) in [4.78, 5) is 37.5. The van der Waals surface area contributed by atoms with Crippen LogP contribution in [0.3, 0.4) is 0 Å². The molecule has 3 heterocycles. The van der Waals surface area contributed by atoms with Gasteiger partial charge in [0.2, 0.25) is 5.75 Å². The molecule has 0 spiro atoms. The predicted octanol–water partition coefficient (Wildman–Crippen LogP) is 2.66. The molecule has 1 aliphatic rings. The molecule has 1 fully saturated rings. The minimum absolute atomic E-state index is 0.0513. The van der Waals surface area contributed by atoms with Crippen LogP contribution >= 0.6 is 0 Å². The third-order valence-corrected chi connectivity index (χ3v) is 6.12. The number of hydrogen-bond donors (Lipinski definition) is 1. The third kappa shape index (κ3) is 6.21. The molecule has 2 aromatic carbocycles. The molecule has 10 nitrogen and oxygen atoms in total. The Hall–Kier alpha value is -4.77. The number of rotatable bonds is 8. The van der Waals surface area contributed by atoms with Crippen LogP contribution in [0.4, 0.5) is 10.1 Å². The number of carbonyl (C=O) groups excluding carboxylic acids is 1. The fourth-order valence-corrected chi connectivity index (χ4v) is 4.10. The van der Waals surface area contributed by atoms with Gasteiger partial charge in [0.1, 0.15) is 18.1 Å². The number of ether oxygens (including phenoxy) is 2. The molecule has 0 amide bonds. The Kier molecular flexibility index (Phi) is 7.78. The molecule has 0 bridgehead atoms. The minimum atomic E-state index is -0.719. The number of halogens is 1. The fourth-order valence-electron chi connectivity index (χ4n) is 4.10. The molecule has 2 aromatic heterocycles. The normalized spacial score (nSPS) is 13.9. The van der Waals surface area contributed by atoms with Crippen molar-refractivity contribution in [3.8, 4) is 5.75 Å². The zero-order valence-corrected chi connectivity index (χ0v) is 21.0. The van der Waals surface area contributed by atoms with E-state index in [1.807, 2.05) is 36.4 Å². The summed E-state index contributed by atoms with van der Waals surface area (Å²) >= 11 is 0. The van der Waals surface area contributed by atoms with E-state index < -0.39 is 17.3 Å². The molecule has 11 heteroatoms. The highest BCUT2D eigenvalue weighted by molar-refractivity contribution is 5.98. The minimum Gasteiger partial charge on any atom is -0.481 e.